The van der Waals surface area contributed by atoms with Crippen LogP contribution in [0.15, 0.2) is 0 Å². The molecule has 20 heavy (non-hydrogen) atoms. The second-order valence-electron chi connectivity index (χ2n) is 8.27. The van der Waals surface area contributed by atoms with Crippen LogP contribution in [0.2, 0.25) is 0 Å². The van der Waals surface area contributed by atoms with Gasteiger partial charge in [-0.3, -0.25) is 4.79 Å². The Hall–Kier alpha value is -0.530. The lowest BCUT2D eigenvalue weighted by molar-refractivity contribution is -0.221. The largest absolute Gasteiger partial charge is 0.461 e. The molecule has 0 amide bonds. The minimum atomic E-state index is 0.00265. The first kappa shape index (κ1) is 12.1. The molecule has 0 aromatic rings. The topological polar surface area (TPSA) is 26.3 Å². The van der Waals surface area contributed by atoms with Crippen molar-refractivity contribution in [3.05, 3.63) is 0 Å². The number of fused-ring (bicyclic) bond motifs is 4. The summed E-state index contributed by atoms with van der Waals surface area (Å²) >= 11 is 0. The van der Waals surface area contributed by atoms with Crippen LogP contribution in [0, 0.1) is 35.0 Å². The summed E-state index contributed by atoms with van der Waals surface area (Å²) in [7, 11) is 0. The van der Waals surface area contributed by atoms with Crippen LogP contribution in [0.25, 0.3) is 0 Å². The molecule has 1 saturated heterocycles. The molecule has 2 heteroatoms. The van der Waals surface area contributed by atoms with Gasteiger partial charge in [0.1, 0.15) is 11.5 Å². The highest BCUT2D eigenvalue weighted by Crippen LogP contribution is 2.66. The van der Waals surface area contributed by atoms with Crippen molar-refractivity contribution >= 4 is 5.97 Å². The first-order valence-electron chi connectivity index (χ1n) is 9.02. The standard InChI is InChI=1S/C18H26O2/c19-17-18-10-9-13-12-4-2-1-3-11(12)5-6-14(13)15(18)7-8-16(18)20-17/h11-16H,1-10H2/t11?,12-,13+,14+,15-,16?,18+/m0/s1. The molecule has 5 fully saturated rings. The minimum absolute atomic E-state index is 0.00265. The SMILES string of the molecule is O=C1OC2CC[C@H]3[C@@H]4CCC5CCCC[C@@H]5[C@H]4CC[C@]123. The maximum atomic E-state index is 12.2. The molecule has 1 aliphatic heterocycles. The first-order valence-corrected chi connectivity index (χ1v) is 9.02. The van der Waals surface area contributed by atoms with Gasteiger partial charge in [-0.25, -0.2) is 0 Å². The Morgan fingerprint density at radius 1 is 0.850 bits per heavy atom. The Morgan fingerprint density at radius 2 is 1.75 bits per heavy atom. The van der Waals surface area contributed by atoms with Gasteiger partial charge in [-0.1, -0.05) is 19.3 Å². The fourth-order valence-corrected chi connectivity index (χ4v) is 7.19. The Balaban J connectivity index is 1.46. The molecule has 110 valence electrons. The fraction of sp³-hybridized carbons (Fsp3) is 0.944. The van der Waals surface area contributed by atoms with Crippen LogP contribution in [-0.2, 0) is 9.53 Å². The molecule has 0 aromatic heterocycles. The van der Waals surface area contributed by atoms with Crippen LogP contribution in [0.3, 0.4) is 0 Å². The van der Waals surface area contributed by atoms with Crippen LogP contribution < -0.4 is 0 Å². The number of carbonyl (C=O) groups excluding carboxylic acids is 1. The Morgan fingerprint density at radius 3 is 2.65 bits per heavy atom. The molecule has 2 unspecified atom stereocenters. The van der Waals surface area contributed by atoms with E-state index in [0.717, 1.165) is 36.5 Å². The third-order valence-electron chi connectivity index (χ3n) is 7.95. The molecule has 5 rings (SSSR count). The third kappa shape index (κ3) is 1.30. The van der Waals surface area contributed by atoms with Gasteiger partial charge in [-0.05, 0) is 74.5 Å². The second-order valence-corrected chi connectivity index (χ2v) is 8.27. The number of rotatable bonds is 0. The molecular formula is C18H26O2. The van der Waals surface area contributed by atoms with E-state index in [-0.39, 0.29) is 11.4 Å². The lowest BCUT2D eigenvalue weighted by Gasteiger charge is -2.57. The quantitative estimate of drug-likeness (QED) is 0.626. The van der Waals surface area contributed by atoms with Crippen molar-refractivity contribution in [3.63, 3.8) is 0 Å². The Labute approximate surface area is 121 Å². The van der Waals surface area contributed by atoms with Crippen LogP contribution >= 0.6 is 0 Å². The summed E-state index contributed by atoms with van der Waals surface area (Å²) in [6.45, 7) is 0. The summed E-state index contributed by atoms with van der Waals surface area (Å²) in [4.78, 5) is 12.2. The van der Waals surface area contributed by atoms with E-state index in [4.69, 9.17) is 4.74 Å². The van der Waals surface area contributed by atoms with E-state index in [1.165, 1.54) is 51.4 Å². The summed E-state index contributed by atoms with van der Waals surface area (Å²) in [5.74, 6) is 4.72. The van der Waals surface area contributed by atoms with Gasteiger partial charge >= 0.3 is 5.97 Å². The number of ether oxygens (including phenoxy) is 1. The molecule has 1 spiro atoms. The van der Waals surface area contributed by atoms with Crippen LogP contribution in [-0.4, -0.2) is 12.1 Å². The predicted octanol–water partition coefficient (Wildman–Crippen LogP) is 3.93. The smallest absolute Gasteiger partial charge is 0.316 e. The zero-order valence-corrected chi connectivity index (χ0v) is 12.4. The zero-order chi connectivity index (χ0) is 13.3. The van der Waals surface area contributed by atoms with E-state index in [1.54, 1.807) is 0 Å². The van der Waals surface area contributed by atoms with E-state index in [2.05, 4.69) is 0 Å². The minimum Gasteiger partial charge on any atom is -0.461 e. The predicted molar refractivity (Wildman–Crippen MR) is 75.9 cm³/mol. The van der Waals surface area contributed by atoms with Crippen LogP contribution in [0.1, 0.15) is 64.2 Å². The van der Waals surface area contributed by atoms with Crippen molar-refractivity contribution in [3.8, 4) is 0 Å². The van der Waals surface area contributed by atoms with E-state index in [1.807, 2.05) is 0 Å². The summed E-state index contributed by atoms with van der Waals surface area (Å²) < 4.78 is 5.47. The molecule has 7 atom stereocenters. The van der Waals surface area contributed by atoms with Crippen molar-refractivity contribution in [1.82, 2.24) is 0 Å². The summed E-state index contributed by atoms with van der Waals surface area (Å²) in [5, 5.41) is 0. The van der Waals surface area contributed by atoms with Gasteiger partial charge in [-0.2, -0.15) is 0 Å². The monoisotopic (exact) mass is 274 g/mol. The molecule has 0 N–H and O–H groups in total. The van der Waals surface area contributed by atoms with Crippen LogP contribution in [0.5, 0.6) is 0 Å². The lowest BCUT2D eigenvalue weighted by Crippen LogP contribution is -2.61. The molecule has 0 radical (unpaired) electrons. The summed E-state index contributed by atoms with van der Waals surface area (Å²) in [5.41, 5.74) is 0.00265. The highest BCUT2D eigenvalue weighted by molar-refractivity contribution is 5.84. The van der Waals surface area contributed by atoms with Gasteiger partial charge in [-0.15, -0.1) is 0 Å². The number of carbonyl (C=O) groups is 1. The van der Waals surface area contributed by atoms with Crippen molar-refractivity contribution in [2.75, 3.05) is 0 Å². The van der Waals surface area contributed by atoms with E-state index >= 15 is 0 Å². The lowest BCUT2D eigenvalue weighted by atomic mass is 9.49. The molecule has 0 bridgehead atoms. The van der Waals surface area contributed by atoms with Crippen molar-refractivity contribution < 1.29 is 9.53 Å². The summed E-state index contributed by atoms with van der Waals surface area (Å²) in [6, 6.07) is 0. The average molecular weight is 274 g/mol. The molecule has 0 aromatic carbocycles. The number of hydrogen-bond donors (Lipinski definition) is 0. The van der Waals surface area contributed by atoms with Gasteiger partial charge < -0.3 is 4.74 Å². The van der Waals surface area contributed by atoms with Crippen LogP contribution in [0.4, 0.5) is 0 Å². The van der Waals surface area contributed by atoms with E-state index < -0.39 is 0 Å². The number of esters is 1. The van der Waals surface area contributed by atoms with Crippen molar-refractivity contribution in [2.24, 2.45) is 35.0 Å². The summed E-state index contributed by atoms with van der Waals surface area (Å²) in [6.07, 6.45) is 14.0. The van der Waals surface area contributed by atoms with Gasteiger partial charge in [0.2, 0.25) is 0 Å². The Kier molecular flexibility index (Phi) is 2.42. The highest BCUT2D eigenvalue weighted by Gasteiger charge is 2.69. The maximum Gasteiger partial charge on any atom is 0.316 e. The van der Waals surface area contributed by atoms with Crippen molar-refractivity contribution in [1.29, 1.82) is 0 Å². The first-order chi connectivity index (χ1) is 9.80. The fourth-order valence-electron chi connectivity index (χ4n) is 7.19. The van der Waals surface area contributed by atoms with Gasteiger partial charge in [0.25, 0.3) is 0 Å². The van der Waals surface area contributed by atoms with Gasteiger partial charge in [0, 0.05) is 0 Å². The molecule has 2 nitrogen and oxygen atoms in total. The third-order valence-corrected chi connectivity index (χ3v) is 7.95. The van der Waals surface area contributed by atoms with Gasteiger partial charge in [0.15, 0.2) is 0 Å². The van der Waals surface area contributed by atoms with Crippen molar-refractivity contribution in [2.45, 2.75) is 70.3 Å². The second kappa shape index (κ2) is 4.01. The zero-order valence-electron chi connectivity index (χ0n) is 12.4. The van der Waals surface area contributed by atoms with E-state index in [9.17, 15) is 4.79 Å². The number of hydrogen-bond acceptors (Lipinski definition) is 2. The normalized spacial score (nSPS) is 56.7. The molecular weight excluding hydrogens is 248 g/mol. The van der Waals surface area contributed by atoms with E-state index in [0.29, 0.717) is 12.0 Å². The molecule has 4 saturated carbocycles. The average Bonchev–Trinajstić information content (AvgIpc) is 2.80. The highest BCUT2D eigenvalue weighted by atomic mass is 16.6. The van der Waals surface area contributed by atoms with Gasteiger partial charge in [0.05, 0.1) is 0 Å². The Bertz CT molecular complexity index is 445. The maximum absolute atomic E-state index is 12.2. The molecule has 1 heterocycles. The molecule has 5 aliphatic rings. The molecule has 4 aliphatic carbocycles.